The number of benzene rings is 3. The molecule has 0 spiro atoms. The van der Waals surface area contributed by atoms with E-state index in [9.17, 15) is 19.2 Å². The third kappa shape index (κ3) is 11.8. The molecule has 1 unspecified atom stereocenters. The maximum atomic E-state index is 13.1. The van der Waals surface area contributed by atoms with E-state index in [2.05, 4.69) is 73.3 Å². The van der Waals surface area contributed by atoms with Gasteiger partial charge in [-0.15, -0.1) is 11.8 Å². The van der Waals surface area contributed by atoms with Crippen molar-refractivity contribution in [2.45, 2.75) is 88.1 Å². The lowest BCUT2D eigenvalue weighted by molar-refractivity contribution is -0.137. The van der Waals surface area contributed by atoms with Crippen LogP contribution in [0.25, 0.3) is 22.2 Å². The van der Waals surface area contributed by atoms with Gasteiger partial charge in [0.25, 0.3) is 5.91 Å². The summed E-state index contributed by atoms with van der Waals surface area (Å²) in [7, 11) is 7.83. The number of nitrogens with zero attached hydrogens (tertiary/aromatic N) is 6. The number of thioether (sulfide) groups is 1. The first kappa shape index (κ1) is 47.8. The number of anilines is 4. The Hall–Kier alpha value is -6.19. The number of hydrogen-bond donors (Lipinski definition) is 3. The summed E-state index contributed by atoms with van der Waals surface area (Å²) in [4.78, 5) is 66.4. The molecule has 3 N–H and O–H groups in total. The van der Waals surface area contributed by atoms with Gasteiger partial charge in [-0.3, -0.25) is 24.5 Å². The van der Waals surface area contributed by atoms with E-state index in [4.69, 9.17) is 9.72 Å². The molecule has 0 saturated carbocycles. The summed E-state index contributed by atoms with van der Waals surface area (Å²) in [5.74, 6) is 0.919. The van der Waals surface area contributed by atoms with Crippen LogP contribution in [0.5, 0.6) is 5.75 Å². The molecular weight excluding hydrogens is 851 g/mol. The molecular formula is C51H63N9O5S. The van der Waals surface area contributed by atoms with Crippen LogP contribution in [-0.2, 0) is 28.0 Å². The fourth-order valence-corrected chi connectivity index (χ4v) is 9.91. The highest BCUT2D eigenvalue weighted by Gasteiger charge is 2.39. The second-order valence-electron chi connectivity index (χ2n) is 17.3. The Morgan fingerprint density at radius 1 is 0.924 bits per heavy atom. The lowest BCUT2D eigenvalue weighted by Gasteiger charge is -2.29. The van der Waals surface area contributed by atoms with Crippen LogP contribution in [0.15, 0.2) is 90.6 Å². The van der Waals surface area contributed by atoms with Crippen LogP contribution in [0.1, 0.15) is 86.6 Å². The van der Waals surface area contributed by atoms with E-state index in [1.54, 1.807) is 30.0 Å². The van der Waals surface area contributed by atoms with E-state index < -0.39 is 6.04 Å². The predicted octanol–water partition coefficient (Wildman–Crippen LogP) is 8.94. The zero-order valence-corrected chi connectivity index (χ0v) is 39.6. The largest absolute Gasteiger partial charge is 0.494 e. The molecule has 4 amide bonds. The van der Waals surface area contributed by atoms with Gasteiger partial charge in [-0.1, -0.05) is 75.8 Å². The Morgan fingerprint density at radius 2 is 1.68 bits per heavy atom. The smallest absolute Gasteiger partial charge is 0.255 e. The number of amides is 4. The van der Waals surface area contributed by atoms with Gasteiger partial charge in [0, 0.05) is 85.5 Å². The molecule has 0 radical (unpaired) electrons. The van der Waals surface area contributed by atoms with Crippen molar-refractivity contribution in [1.82, 2.24) is 29.7 Å². The summed E-state index contributed by atoms with van der Waals surface area (Å²) < 4.78 is 7.94. The molecule has 1 atom stereocenters. The third-order valence-electron chi connectivity index (χ3n) is 12.5. The number of piperidine rings is 1. The van der Waals surface area contributed by atoms with Crippen molar-refractivity contribution in [2.75, 3.05) is 62.1 Å². The normalized spacial score (nSPS) is 14.7. The molecule has 3 aromatic carbocycles. The van der Waals surface area contributed by atoms with Gasteiger partial charge in [-0.05, 0) is 80.6 Å². The highest BCUT2D eigenvalue weighted by atomic mass is 32.2. The van der Waals surface area contributed by atoms with Crippen molar-refractivity contribution < 1.29 is 23.9 Å². The number of likely N-dealkylation sites (N-methyl/N-ethyl adjacent to an activating group) is 2. The number of rotatable bonds is 24. The lowest BCUT2D eigenvalue weighted by Crippen LogP contribution is -2.52. The van der Waals surface area contributed by atoms with Crippen molar-refractivity contribution >= 4 is 69.3 Å². The molecule has 1 saturated heterocycles. The zero-order valence-electron chi connectivity index (χ0n) is 38.7. The van der Waals surface area contributed by atoms with E-state index in [1.807, 2.05) is 56.6 Å². The number of aryl methyl sites for hydroxylation is 1. The Kier molecular flexibility index (Phi) is 16.5. The molecule has 7 rings (SSSR count). The maximum Gasteiger partial charge on any atom is 0.255 e. The number of carbonyl (C=O) groups is 4. The molecule has 1 fully saturated rings. The molecule has 0 bridgehead atoms. The van der Waals surface area contributed by atoms with E-state index in [0.29, 0.717) is 41.6 Å². The third-order valence-corrected chi connectivity index (χ3v) is 13.7. The lowest BCUT2D eigenvalue weighted by atomic mass is 10.0. The van der Waals surface area contributed by atoms with Crippen molar-refractivity contribution in [3.63, 3.8) is 0 Å². The van der Waals surface area contributed by atoms with Crippen molar-refractivity contribution in [2.24, 2.45) is 7.05 Å². The first-order valence-electron chi connectivity index (χ1n) is 23.1. The maximum absolute atomic E-state index is 13.1. The van der Waals surface area contributed by atoms with E-state index in [-0.39, 0.29) is 30.0 Å². The number of fused-ring (bicyclic) bond motifs is 2. The number of ether oxygens (including phenoxy) is 1. The standard InChI is InChI=1S/C51H63N9O5S/c1-6-47(61)53-40-31-41(55-51-52-26-25-39(54-51)37-33-59(4)42-21-15-14-19-35(37)42)45(65-5)32-44(40)58(3)29-28-57(2)27-16-12-10-8-7-9-11-13-17-30-66-46-22-18-20-36-38(46)34-60(50(36)64)43-23-24-48(62)56-49(43)63/h6,14-15,18-22,25-26,31-33,43H,1,7-13,16-17,23-24,27-30,34H2,2-5H3,(H,53,61)(H,52,54,55)(H,56,62,63). The number of para-hydroxylation sites is 1. The molecule has 4 heterocycles. The summed E-state index contributed by atoms with van der Waals surface area (Å²) >= 11 is 1.80. The Bertz CT molecular complexity index is 2540. The van der Waals surface area contributed by atoms with E-state index >= 15 is 0 Å². The second kappa shape index (κ2) is 22.8. The predicted molar refractivity (Wildman–Crippen MR) is 265 cm³/mol. The zero-order chi connectivity index (χ0) is 46.6. The van der Waals surface area contributed by atoms with E-state index in [1.165, 1.54) is 51.0 Å². The number of nitrogens with one attached hydrogen (secondary N) is 3. The van der Waals surface area contributed by atoms with Crippen LogP contribution in [-0.4, -0.2) is 101 Å². The Morgan fingerprint density at radius 3 is 2.44 bits per heavy atom. The summed E-state index contributed by atoms with van der Waals surface area (Å²) in [5, 5.41) is 9.81. The Labute approximate surface area is 392 Å². The number of imide groups is 1. The number of methoxy groups -OCH3 is 1. The molecule has 5 aromatic rings. The number of carbonyl (C=O) groups excluding carboxylic acids is 4. The first-order chi connectivity index (χ1) is 32.0. The average Bonchev–Trinajstić information content (AvgIpc) is 3.84. The van der Waals surface area contributed by atoms with E-state index in [0.717, 1.165) is 76.5 Å². The van der Waals surface area contributed by atoms with Crippen LogP contribution in [0, 0.1) is 0 Å². The van der Waals surface area contributed by atoms with Crippen molar-refractivity contribution in [3.05, 3.63) is 96.8 Å². The number of aromatic nitrogens is 3. The molecule has 15 heteroatoms. The SMILES string of the molecule is C=CC(=O)Nc1cc(Nc2nccc(-c3cn(C)c4ccccc34)n2)c(OC)cc1N(C)CCN(C)CCCCCCCCCCCSc1cccc2c1CN(C1CCC(=O)NC1=O)C2=O. The Balaban J connectivity index is 0.799. The summed E-state index contributed by atoms with van der Waals surface area (Å²) in [5.41, 5.74) is 6.66. The average molecular weight is 914 g/mol. The van der Waals surface area contributed by atoms with Gasteiger partial charge in [0.05, 0.1) is 29.9 Å². The quantitative estimate of drug-likeness (QED) is 0.0235. The van der Waals surface area contributed by atoms with Crippen LogP contribution < -0.4 is 25.6 Å². The van der Waals surface area contributed by atoms with Gasteiger partial charge in [-0.2, -0.15) is 0 Å². The van der Waals surface area contributed by atoms with Crippen molar-refractivity contribution in [1.29, 1.82) is 0 Å². The van der Waals surface area contributed by atoms with Crippen LogP contribution >= 0.6 is 11.8 Å². The molecule has 2 aromatic heterocycles. The topological polar surface area (TPSA) is 154 Å². The number of hydrogen-bond acceptors (Lipinski definition) is 11. The summed E-state index contributed by atoms with van der Waals surface area (Å²) in [6, 6.07) is 19.2. The molecule has 2 aliphatic rings. The summed E-state index contributed by atoms with van der Waals surface area (Å²) in [6.07, 6.45) is 16.6. The van der Waals surface area contributed by atoms with Gasteiger partial charge in [-0.25, -0.2) is 9.97 Å². The molecule has 0 aliphatic carbocycles. The van der Waals surface area contributed by atoms with Crippen LogP contribution in [0.2, 0.25) is 0 Å². The number of unbranched alkanes of at least 4 members (excludes halogenated alkanes) is 8. The highest BCUT2D eigenvalue weighted by Crippen LogP contribution is 2.39. The fourth-order valence-electron chi connectivity index (χ4n) is 8.82. The second-order valence-corrected chi connectivity index (χ2v) is 18.4. The van der Waals surface area contributed by atoms with Crippen molar-refractivity contribution in [3.8, 4) is 17.0 Å². The monoisotopic (exact) mass is 913 g/mol. The molecule has 66 heavy (non-hydrogen) atoms. The molecule has 348 valence electrons. The van der Waals surface area contributed by atoms with Crippen LogP contribution in [0.4, 0.5) is 23.0 Å². The van der Waals surface area contributed by atoms with Gasteiger partial charge in [0.15, 0.2) is 0 Å². The molecule has 14 nitrogen and oxygen atoms in total. The van der Waals surface area contributed by atoms with Gasteiger partial charge < -0.3 is 34.6 Å². The molecule has 2 aliphatic heterocycles. The van der Waals surface area contributed by atoms with Gasteiger partial charge in [0.1, 0.15) is 11.8 Å². The fraction of sp³-hybridized carbons (Fsp3) is 0.412. The van der Waals surface area contributed by atoms with Gasteiger partial charge >= 0.3 is 0 Å². The minimum absolute atomic E-state index is 0.119. The summed E-state index contributed by atoms with van der Waals surface area (Å²) in [6.45, 7) is 6.70. The minimum atomic E-state index is -0.587. The van der Waals surface area contributed by atoms with Gasteiger partial charge in [0.2, 0.25) is 23.7 Å². The van der Waals surface area contributed by atoms with Crippen LogP contribution in [0.3, 0.4) is 0 Å². The highest BCUT2D eigenvalue weighted by molar-refractivity contribution is 7.99. The first-order valence-corrected chi connectivity index (χ1v) is 24.1. The minimum Gasteiger partial charge on any atom is -0.494 e.